The molecule has 4 heavy (non-hydrogen) atoms. The Hall–Kier alpha value is 0.973. The fraction of sp³-hybridized carbons (Fsp3) is 0. The molecule has 0 aliphatic rings. The fourth-order valence-electron chi connectivity index (χ4n) is 0. The Labute approximate surface area is 38.9 Å². The predicted molar refractivity (Wildman–Crippen MR) is 12.8 cm³/mol. The Kier molecular flexibility index (Phi) is 20.0. The van der Waals surface area contributed by atoms with Crippen molar-refractivity contribution in [1.82, 2.24) is 0 Å². The van der Waals surface area contributed by atoms with Gasteiger partial charge in [-0.3, -0.25) is 0 Å². The van der Waals surface area contributed by atoms with Gasteiger partial charge in [-0.15, -0.1) is 0 Å². The number of hydrogen-bond acceptors (Lipinski definition) is 2. The molecule has 0 bridgehead atoms. The van der Waals surface area contributed by atoms with Crippen molar-refractivity contribution in [2.45, 2.75) is 0 Å². The Balaban J connectivity index is 0. The van der Waals surface area contributed by atoms with Crippen LogP contribution in [0.1, 0.15) is 0 Å². The van der Waals surface area contributed by atoms with E-state index in [0.717, 1.165) is 0 Å². The summed E-state index contributed by atoms with van der Waals surface area (Å²) in [4.78, 5) is 14.3. The van der Waals surface area contributed by atoms with Gasteiger partial charge in [0.25, 0.3) is 0 Å². The zero-order valence-electron chi connectivity index (χ0n) is 1.73. The molecule has 0 aliphatic carbocycles. The topological polar surface area (TPSA) is 40.5 Å². The first-order chi connectivity index (χ1) is 1.41. The first-order valence-electron chi connectivity index (χ1n) is 0.447. The van der Waals surface area contributed by atoms with Crippen LogP contribution in [0.5, 0.6) is 0 Å². The molecule has 0 heterocycles. The van der Waals surface area contributed by atoms with Crippen molar-refractivity contribution < 1.29 is 29.3 Å². The summed E-state index contributed by atoms with van der Waals surface area (Å²) < 4.78 is 0. The maximum atomic E-state index is 7.15. The quantitative estimate of drug-likeness (QED) is 0.378. The molecule has 0 spiro atoms. The van der Waals surface area contributed by atoms with Gasteiger partial charge in [0, 0.05) is 19.5 Å². The van der Waals surface area contributed by atoms with Gasteiger partial charge in [0.2, 0.25) is 0 Å². The molecule has 2 N–H and O–H groups in total. The second-order valence-corrected chi connectivity index (χ2v) is 0.300. The van der Waals surface area contributed by atoms with Crippen LogP contribution < -0.4 is 0 Å². The molecule has 1 radical (unpaired) electrons. The minimum absolute atomic E-state index is 0. The van der Waals surface area contributed by atoms with E-state index in [1.165, 1.54) is 0 Å². The largest absolute Gasteiger partial charge is 0.352 e. The van der Waals surface area contributed by atoms with Crippen LogP contribution in [0.2, 0.25) is 0 Å². The molecule has 0 aromatic rings. The molecule has 0 aromatic heterocycles. The summed E-state index contributed by atoms with van der Waals surface area (Å²) in [5, 5.41) is 0. The first-order valence-corrected chi connectivity index (χ1v) is 1.34. The maximum absolute atomic E-state index is 7.15. The van der Waals surface area contributed by atoms with E-state index < -0.39 is 9.03 Å². The summed E-state index contributed by atoms with van der Waals surface area (Å²) in [6, 6.07) is 0. The molecule has 0 unspecified atom stereocenters. The van der Waals surface area contributed by atoms with E-state index >= 15 is 0 Å². The summed E-state index contributed by atoms with van der Waals surface area (Å²) >= 11 is 0. The van der Waals surface area contributed by atoms with Crippen LogP contribution in [-0.2, 0) is 19.5 Å². The van der Waals surface area contributed by atoms with E-state index in [1.807, 2.05) is 0 Å². The Morgan fingerprint density at radius 3 is 1.25 bits per heavy atom. The zero-order chi connectivity index (χ0) is 2.71. The standard InChI is InChI=1S/H3O2P.Rh/c1-3-2;/h1-3H;. The van der Waals surface area contributed by atoms with Crippen LogP contribution in [-0.4, -0.2) is 9.79 Å². The van der Waals surface area contributed by atoms with Crippen molar-refractivity contribution in [3.63, 3.8) is 0 Å². The van der Waals surface area contributed by atoms with E-state index in [1.54, 1.807) is 0 Å². The Morgan fingerprint density at radius 2 is 1.25 bits per heavy atom. The first kappa shape index (κ1) is 8.88. The van der Waals surface area contributed by atoms with Crippen LogP contribution in [0.25, 0.3) is 0 Å². The van der Waals surface area contributed by atoms with Crippen LogP contribution in [0, 0.1) is 0 Å². The second-order valence-electron chi connectivity index (χ2n) is 0.100. The molecule has 0 atom stereocenters. The molecule has 0 amide bonds. The summed E-state index contributed by atoms with van der Waals surface area (Å²) in [5.41, 5.74) is 0. The van der Waals surface area contributed by atoms with Crippen molar-refractivity contribution in [3.8, 4) is 0 Å². The van der Waals surface area contributed by atoms with Gasteiger partial charge in [0.1, 0.15) is 9.03 Å². The van der Waals surface area contributed by atoms with E-state index in [2.05, 4.69) is 0 Å². The third kappa shape index (κ3) is 12.2. The van der Waals surface area contributed by atoms with Crippen LogP contribution >= 0.6 is 9.03 Å². The molecule has 0 rings (SSSR count). The normalized spacial score (nSPS) is 4.50. The smallest absolute Gasteiger partial charge is 0.149 e. The SMILES string of the molecule is OPO.[Rh]. The van der Waals surface area contributed by atoms with E-state index in [0.29, 0.717) is 0 Å². The number of rotatable bonds is 0. The van der Waals surface area contributed by atoms with Crippen LogP contribution in [0.15, 0.2) is 0 Å². The molecule has 29 valence electrons. The summed E-state index contributed by atoms with van der Waals surface area (Å²) in [7, 11) is -0.917. The molecule has 0 saturated carbocycles. The van der Waals surface area contributed by atoms with Crippen molar-refractivity contribution in [2.75, 3.05) is 0 Å². The summed E-state index contributed by atoms with van der Waals surface area (Å²) in [5.74, 6) is 0. The summed E-state index contributed by atoms with van der Waals surface area (Å²) in [6.45, 7) is 0. The van der Waals surface area contributed by atoms with Crippen molar-refractivity contribution in [2.24, 2.45) is 0 Å². The van der Waals surface area contributed by atoms with Crippen LogP contribution in [0.3, 0.4) is 0 Å². The van der Waals surface area contributed by atoms with Gasteiger partial charge >= 0.3 is 0 Å². The molecular formula is H3O2PRh. The van der Waals surface area contributed by atoms with Gasteiger partial charge in [-0.25, -0.2) is 0 Å². The minimum Gasteiger partial charge on any atom is -0.352 e. The number of hydrogen-bond donors (Lipinski definition) is 2. The van der Waals surface area contributed by atoms with Gasteiger partial charge in [-0.05, 0) is 0 Å². The van der Waals surface area contributed by atoms with Crippen molar-refractivity contribution in [1.29, 1.82) is 0 Å². The maximum Gasteiger partial charge on any atom is 0.149 e. The third-order valence-corrected chi connectivity index (χ3v) is 0. The van der Waals surface area contributed by atoms with Gasteiger partial charge in [-0.2, -0.15) is 0 Å². The van der Waals surface area contributed by atoms with Gasteiger partial charge in [0.05, 0.1) is 0 Å². The molecule has 4 heteroatoms. The second kappa shape index (κ2) is 9.02. The Morgan fingerprint density at radius 1 is 1.25 bits per heavy atom. The molecule has 0 fully saturated rings. The van der Waals surface area contributed by atoms with Gasteiger partial charge in [0.15, 0.2) is 0 Å². The average molecular weight is 169 g/mol. The average Bonchev–Trinajstić information content (AvgIpc) is 0.918. The van der Waals surface area contributed by atoms with Crippen LogP contribution in [0.4, 0.5) is 0 Å². The van der Waals surface area contributed by atoms with Crippen molar-refractivity contribution >= 4 is 9.03 Å². The minimum atomic E-state index is -0.917. The van der Waals surface area contributed by atoms with E-state index in [-0.39, 0.29) is 19.5 Å². The monoisotopic (exact) mass is 169 g/mol. The zero-order valence-corrected chi connectivity index (χ0v) is 4.37. The van der Waals surface area contributed by atoms with Gasteiger partial charge in [-0.1, -0.05) is 0 Å². The molecule has 0 aromatic carbocycles. The van der Waals surface area contributed by atoms with E-state index in [4.69, 9.17) is 9.79 Å². The van der Waals surface area contributed by atoms with E-state index in [9.17, 15) is 0 Å². The van der Waals surface area contributed by atoms with Crippen molar-refractivity contribution in [3.05, 3.63) is 0 Å². The predicted octanol–water partition coefficient (Wildman–Crippen LogP) is -0.523. The summed E-state index contributed by atoms with van der Waals surface area (Å²) in [6.07, 6.45) is 0. The Bertz CT molecular complexity index is 6.00. The molecular weight excluding hydrogens is 166 g/mol. The fourth-order valence-corrected chi connectivity index (χ4v) is 0. The van der Waals surface area contributed by atoms with Gasteiger partial charge < -0.3 is 9.79 Å². The third-order valence-electron chi connectivity index (χ3n) is 0. The molecule has 0 saturated heterocycles. The molecule has 2 nitrogen and oxygen atoms in total. The molecule has 0 aliphatic heterocycles.